The Morgan fingerprint density at radius 2 is 2.17 bits per heavy atom. The van der Waals surface area contributed by atoms with Gasteiger partial charge in [-0.15, -0.1) is 11.3 Å². The number of anilines is 1. The van der Waals surface area contributed by atoms with Crippen LogP contribution in [0.3, 0.4) is 0 Å². The van der Waals surface area contributed by atoms with Crippen LogP contribution in [0.4, 0.5) is 5.82 Å². The van der Waals surface area contributed by atoms with Crippen LogP contribution >= 0.6 is 11.3 Å². The first-order chi connectivity index (χ1) is 11.1. The van der Waals surface area contributed by atoms with Crippen molar-refractivity contribution in [2.24, 2.45) is 5.41 Å². The molecular weight excluding hydrogens is 310 g/mol. The minimum Gasteiger partial charge on any atom is -0.469 e. The Morgan fingerprint density at radius 1 is 1.35 bits per heavy atom. The molecular formula is C17H21N3O2S. The molecule has 122 valence electrons. The molecule has 0 spiro atoms. The molecule has 1 unspecified atom stereocenters. The van der Waals surface area contributed by atoms with E-state index in [4.69, 9.17) is 4.74 Å². The molecule has 2 aliphatic rings. The number of fused-ring (bicyclic) bond motifs is 3. The summed E-state index contributed by atoms with van der Waals surface area (Å²) in [5.41, 5.74) is 1.00. The molecule has 0 saturated carbocycles. The number of methoxy groups -OCH3 is 1. The SMILES string of the molecule is COC(=O)C1(C)CCN(c2ncnc3sc4c(c23)CCCC4)C1. The molecule has 0 N–H and O–H groups in total. The van der Waals surface area contributed by atoms with Crippen molar-refractivity contribution in [3.63, 3.8) is 0 Å². The van der Waals surface area contributed by atoms with E-state index in [0.29, 0.717) is 6.54 Å². The molecule has 1 aliphatic carbocycles. The average molecular weight is 331 g/mol. The van der Waals surface area contributed by atoms with Crippen molar-refractivity contribution in [2.45, 2.75) is 39.0 Å². The lowest BCUT2D eigenvalue weighted by Crippen LogP contribution is -2.33. The molecule has 0 aromatic carbocycles. The van der Waals surface area contributed by atoms with Crippen LogP contribution in [0, 0.1) is 5.41 Å². The number of ether oxygens (including phenoxy) is 1. The molecule has 6 heteroatoms. The van der Waals surface area contributed by atoms with Crippen LogP contribution in [0.5, 0.6) is 0 Å². The van der Waals surface area contributed by atoms with Gasteiger partial charge in [0.2, 0.25) is 0 Å². The summed E-state index contributed by atoms with van der Waals surface area (Å²) >= 11 is 1.81. The van der Waals surface area contributed by atoms with E-state index in [1.54, 1.807) is 6.33 Å². The van der Waals surface area contributed by atoms with Crippen LogP contribution < -0.4 is 4.90 Å². The van der Waals surface area contributed by atoms with Crippen molar-refractivity contribution in [3.05, 3.63) is 16.8 Å². The number of esters is 1. The number of carbonyl (C=O) groups excluding carboxylic acids is 1. The van der Waals surface area contributed by atoms with Gasteiger partial charge in [0.25, 0.3) is 0 Å². The molecule has 0 bridgehead atoms. The first-order valence-corrected chi connectivity index (χ1v) is 9.03. The highest BCUT2D eigenvalue weighted by molar-refractivity contribution is 7.19. The van der Waals surface area contributed by atoms with Gasteiger partial charge in [0, 0.05) is 18.0 Å². The molecule has 3 heterocycles. The van der Waals surface area contributed by atoms with Crippen molar-refractivity contribution < 1.29 is 9.53 Å². The molecule has 2 aromatic rings. The van der Waals surface area contributed by atoms with E-state index in [2.05, 4.69) is 14.9 Å². The lowest BCUT2D eigenvalue weighted by atomic mass is 9.90. The summed E-state index contributed by atoms with van der Waals surface area (Å²) in [6.45, 7) is 3.49. The number of aryl methyl sites for hydroxylation is 2. The van der Waals surface area contributed by atoms with Crippen LogP contribution in [0.25, 0.3) is 10.2 Å². The van der Waals surface area contributed by atoms with Crippen LogP contribution in [-0.4, -0.2) is 36.1 Å². The van der Waals surface area contributed by atoms with Gasteiger partial charge in [-0.05, 0) is 44.6 Å². The summed E-state index contributed by atoms with van der Waals surface area (Å²) in [7, 11) is 1.47. The van der Waals surface area contributed by atoms with Crippen LogP contribution in [0.2, 0.25) is 0 Å². The van der Waals surface area contributed by atoms with Gasteiger partial charge < -0.3 is 9.64 Å². The Bertz CT molecular complexity index is 773. The second kappa shape index (κ2) is 5.44. The molecule has 1 fully saturated rings. The third kappa shape index (κ3) is 2.31. The van der Waals surface area contributed by atoms with E-state index < -0.39 is 5.41 Å². The summed E-state index contributed by atoms with van der Waals surface area (Å²) in [6.07, 6.45) is 7.26. The number of nitrogens with zero attached hydrogens (tertiary/aromatic N) is 3. The zero-order chi connectivity index (χ0) is 16.0. The predicted molar refractivity (Wildman–Crippen MR) is 91.0 cm³/mol. The van der Waals surface area contributed by atoms with Crippen molar-refractivity contribution in [2.75, 3.05) is 25.1 Å². The third-order valence-electron chi connectivity index (χ3n) is 5.18. The van der Waals surface area contributed by atoms with Gasteiger partial charge in [0.05, 0.1) is 17.9 Å². The van der Waals surface area contributed by atoms with E-state index in [9.17, 15) is 4.79 Å². The van der Waals surface area contributed by atoms with Gasteiger partial charge in [-0.25, -0.2) is 9.97 Å². The van der Waals surface area contributed by atoms with E-state index >= 15 is 0 Å². The van der Waals surface area contributed by atoms with Crippen molar-refractivity contribution in [1.29, 1.82) is 0 Å². The Balaban J connectivity index is 1.75. The number of thiophene rings is 1. The Labute approximate surface area is 139 Å². The van der Waals surface area contributed by atoms with Gasteiger partial charge in [-0.2, -0.15) is 0 Å². The van der Waals surface area contributed by atoms with Gasteiger partial charge in [-0.1, -0.05) is 0 Å². The fourth-order valence-electron chi connectivity index (χ4n) is 3.87. The third-order valence-corrected chi connectivity index (χ3v) is 6.38. The monoisotopic (exact) mass is 331 g/mol. The molecule has 4 rings (SSSR count). The van der Waals surface area contributed by atoms with Gasteiger partial charge in [-0.3, -0.25) is 4.79 Å². The second-order valence-electron chi connectivity index (χ2n) is 6.81. The molecule has 0 radical (unpaired) electrons. The molecule has 0 amide bonds. The Hall–Kier alpha value is -1.69. The topological polar surface area (TPSA) is 55.3 Å². The molecule has 1 atom stereocenters. The highest BCUT2D eigenvalue weighted by Gasteiger charge is 2.42. The smallest absolute Gasteiger partial charge is 0.313 e. The van der Waals surface area contributed by atoms with Crippen LogP contribution in [-0.2, 0) is 22.4 Å². The molecule has 23 heavy (non-hydrogen) atoms. The van der Waals surface area contributed by atoms with E-state index in [0.717, 1.165) is 36.5 Å². The first-order valence-electron chi connectivity index (χ1n) is 8.21. The summed E-state index contributed by atoms with van der Waals surface area (Å²) in [4.78, 5) is 26.0. The molecule has 5 nitrogen and oxygen atoms in total. The summed E-state index contributed by atoms with van der Waals surface area (Å²) < 4.78 is 4.99. The fourth-order valence-corrected chi connectivity index (χ4v) is 5.09. The highest BCUT2D eigenvalue weighted by atomic mass is 32.1. The average Bonchev–Trinajstić information content (AvgIpc) is 3.15. The van der Waals surface area contributed by atoms with Gasteiger partial charge in [0.15, 0.2) is 0 Å². The minimum absolute atomic E-state index is 0.127. The van der Waals surface area contributed by atoms with E-state index in [-0.39, 0.29) is 5.97 Å². The quantitative estimate of drug-likeness (QED) is 0.792. The summed E-state index contributed by atoms with van der Waals surface area (Å²) in [5.74, 6) is 0.875. The van der Waals surface area contributed by atoms with E-state index in [1.807, 2.05) is 18.3 Å². The Kier molecular flexibility index (Phi) is 3.52. The Morgan fingerprint density at radius 3 is 3.00 bits per heavy atom. The number of aromatic nitrogens is 2. The maximum absolute atomic E-state index is 12.1. The molecule has 1 aliphatic heterocycles. The van der Waals surface area contributed by atoms with E-state index in [1.165, 1.54) is 35.8 Å². The van der Waals surface area contributed by atoms with Crippen molar-refractivity contribution in [1.82, 2.24) is 9.97 Å². The minimum atomic E-state index is -0.442. The molecule has 1 saturated heterocycles. The number of hydrogen-bond donors (Lipinski definition) is 0. The van der Waals surface area contributed by atoms with Crippen molar-refractivity contribution >= 4 is 33.3 Å². The number of rotatable bonds is 2. The molecule has 2 aromatic heterocycles. The van der Waals surface area contributed by atoms with Crippen LogP contribution in [0.1, 0.15) is 36.6 Å². The number of hydrogen-bond acceptors (Lipinski definition) is 6. The maximum atomic E-state index is 12.1. The number of carbonyl (C=O) groups is 1. The zero-order valence-electron chi connectivity index (χ0n) is 13.6. The van der Waals surface area contributed by atoms with Gasteiger partial charge >= 0.3 is 5.97 Å². The van der Waals surface area contributed by atoms with Gasteiger partial charge in [0.1, 0.15) is 17.0 Å². The second-order valence-corrected chi connectivity index (χ2v) is 7.90. The van der Waals surface area contributed by atoms with Crippen LogP contribution in [0.15, 0.2) is 6.33 Å². The predicted octanol–water partition coefficient (Wildman–Crippen LogP) is 2.96. The normalized spacial score (nSPS) is 24.0. The maximum Gasteiger partial charge on any atom is 0.313 e. The largest absolute Gasteiger partial charge is 0.469 e. The summed E-state index contributed by atoms with van der Waals surface area (Å²) in [5, 5.41) is 1.22. The first kappa shape index (κ1) is 14.9. The summed E-state index contributed by atoms with van der Waals surface area (Å²) in [6, 6.07) is 0. The standard InChI is InChI=1S/C17H21N3O2S/c1-17(16(21)22-2)7-8-20(9-17)14-13-11-5-3-4-6-12(11)23-15(13)19-10-18-14/h10H,3-9H2,1-2H3. The highest BCUT2D eigenvalue weighted by Crippen LogP contribution is 2.42. The lowest BCUT2D eigenvalue weighted by Gasteiger charge is -2.23. The fraction of sp³-hybridized carbons (Fsp3) is 0.588. The zero-order valence-corrected chi connectivity index (χ0v) is 14.4. The van der Waals surface area contributed by atoms with Crippen molar-refractivity contribution in [3.8, 4) is 0 Å². The lowest BCUT2D eigenvalue weighted by molar-refractivity contribution is -0.150.